The van der Waals surface area contributed by atoms with E-state index in [-0.39, 0.29) is 11.8 Å². The van der Waals surface area contributed by atoms with Gasteiger partial charge in [-0.3, -0.25) is 4.79 Å². The van der Waals surface area contributed by atoms with E-state index in [4.69, 9.17) is 10.5 Å². The molecule has 4 nitrogen and oxygen atoms in total. The van der Waals surface area contributed by atoms with Gasteiger partial charge < -0.3 is 15.4 Å². The summed E-state index contributed by atoms with van der Waals surface area (Å²) in [6.07, 6.45) is 0.850. The van der Waals surface area contributed by atoms with Gasteiger partial charge in [-0.1, -0.05) is 12.1 Å². The number of nitrogens with zero attached hydrogens (tertiary/aromatic N) is 1. The second-order valence-corrected chi connectivity index (χ2v) is 4.50. The van der Waals surface area contributed by atoms with E-state index >= 15 is 0 Å². The Morgan fingerprint density at radius 1 is 1.50 bits per heavy atom. The minimum absolute atomic E-state index is 0.108. The van der Waals surface area contributed by atoms with Crippen molar-refractivity contribution in [2.45, 2.75) is 19.3 Å². The van der Waals surface area contributed by atoms with E-state index in [1.54, 1.807) is 12.0 Å². The van der Waals surface area contributed by atoms with Crippen molar-refractivity contribution in [3.05, 3.63) is 29.8 Å². The Balaban J connectivity index is 2.60. The molecule has 0 bridgehead atoms. The first-order chi connectivity index (χ1) is 8.56. The van der Waals surface area contributed by atoms with Crippen LogP contribution in [0.15, 0.2) is 24.3 Å². The van der Waals surface area contributed by atoms with Crippen molar-refractivity contribution in [3.63, 3.8) is 0 Å². The molecule has 0 saturated carbocycles. The monoisotopic (exact) mass is 250 g/mol. The number of ether oxygens (including phenoxy) is 1. The van der Waals surface area contributed by atoms with Gasteiger partial charge in [-0.15, -0.1) is 0 Å². The lowest BCUT2D eigenvalue weighted by Crippen LogP contribution is -2.32. The van der Waals surface area contributed by atoms with Crippen molar-refractivity contribution in [2.75, 3.05) is 33.0 Å². The van der Waals surface area contributed by atoms with Crippen molar-refractivity contribution < 1.29 is 9.53 Å². The summed E-state index contributed by atoms with van der Waals surface area (Å²) in [6, 6.07) is 7.48. The number of benzene rings is 1. The fourth-order valence-corrected chi connectivity index (χ4v) is 1.86. The Bertz CT molecular complexity index is 393. The molecule has 0 radical (unpaired) electrons. The quantitative estimate of drug-likeness (QED) is 0.619. The third kappa shape index (κ3) is 4.04. The normalized spacial score (nSPS) is 12.2. The number of hydrogen-bond acceptors (Lipinski definition) is 3. The number of amides is 1. The molecule has 1 unspecified atom stereocenters. The molecular weight excluding hydrogens is 228 g/mol. The zero-order chi connectivity index (χ0) is 13.5. The first kappa shape index (κ1) is 14.5. The van der Waals surface area contributed by atoms with Crippen molar-refractivity contribution in [2.24, 2.45) is 0 Å². The average molecular weight is 250 g/mol. The molecule has 0 saturated heterocycles. The summed E-state index contributed by atoms with van der Waals surface area (Å²) in [4.78, 5) is 13.9. The van der Waals surface area contributed by atoms with Crippen LogP contribution in [0.4, 0.5) is 5.69 Å². The highest BCUT2D eigenvalue weighted by Crippen LogP contribution is 2.19. The van der Waals surface area contributed by atoms with Crippen LogP contribution in [0.1, 0.15) is 24.8 Å². The van der Waals surface area contributed by atoms with Crippen LogP contribution in [-0.4, -0.2) is 38.1 Å². The number of likely N-dealkylation sites (N-methyl/N-ethyl adjacent to an activating group) is 1. The summed E-state index contributed by atoms with van der Waals surface area (Å²) in [5.41, 5.74) is 7.38. The first-order valence-corrected chi connectivity index (χ1v) is 6.15. The average Bonchev–Trinajstić information content (AvgIpc) is 2.37. The Morgan fingerprint density at radius 3 is 2.83 bits per heavy atom. The SMILES string of the molecule is COCCCN(C)C(=O)C(C)c1cccc(N)c1. The minimum atomic E-state index is -0.166. The van der Waals surface area contributed by atoms with Crippen molar-refractivity contribution in [1.29, 1.82) is 0 Å². The van der Waals surface area contributed by atoms with Crippen LogP contribution in [0, 0.1) is 0 Å². The van der Waals surface area contributed by atoms with Crippen LogP contribution < -0.4 is 5.73 Å². The summed E-state index contributed by atoms with van der Waals surface area (Å²) < 4.78 is 4.98. The van der Waals surface area contributed by atoms with Crippen LogP contribution in [0.5, 0.6) is 0 Å². The Morgan fingerprint density at radius 2 is 2.22 bits per heavy atom. The van der Waals surface area contributed by atoms with Gasteiger partial charge in [-0.2, -0.15) is 0 Å². The number of nitrogens with two attached hydrogens (primary N) is 1. The molecule has 100 valence electrons. The second kappa shape index (κ2) is 7.01. The van der Waals surface area contributed by atoms with Gasteiger partial charge in [0.1, 0.15) is 0 Å². The molecule has 1 aromatic carbocycles. The van der Waals surface area contributed by atoms with Crippen LogP contribution >= 0.6 is 0 Å². The summed E-state index contributed by atoms with van der Waals surface area (Å²) >= 11 is 0. The van der Waals surface area contributed by atoms with Crippen LogP contribution in [0.25, 0.3) is 0 Å². The summed E-state index contributed by atoms with van der Waals surface area (Å²) in [5.74, 6) is -0.0576. The highest BCUT2D eigenvalue weighted by molar-refractivity contribution is 5.83. The number of nitrogen functional groups attached to an aromatic ring is 1. The highest BCUT2D eigenvalue weighted by Gasteiger charge is 2.18. The molecule has 18 heavy (non-hydrogen) atoms. The lowest BCUT2D eigenvalue weighted by Gasteiger charge is -2.21. The molecule has 1 atom stereocenters. The van der Waals surface area contributed by atoms with Gasteiger partial charge in [0, 0.05) is 33.0 Å². The molecule has 0 aliphatic heterocycles. The zero-order valence-corrected chi connectivity index (χ0v) is 11.3. The largest absolute Gasteiger partial charge is 0.399 e. The molecule has 0 aliphatic rings. The van der Waals surface area contributed by atoms with Gasteiger partial charge in [-0.25, -0.2) is 0 Å². The summed E-state index contributed by atoms with van der Waals surface area (Å²) in [6.45, 7) is 3.29. The van der Waals surface area contributed by atoms with E-state index in [1.807, 2.05) is 38.2 Å². The molecule has 0 aromatic heterocycles. The topological polar surface area (TPSA) is 55.6 Å². The smallest absolute Gasteiger partial charge is 0.229 e. The van der Waals surface area contributed by atoms with Crippen molar-refractivity contribution in [3.8, 4) is 0 Å². The number of methoxy groups -OCH3 is 1. The Labute approximate surface area is 109 Å². The summed E-state index contributed by atoms with van der Waals surface area (Å²) in [5, 5.41) is 0. The van der Waals surface area contributed by atoms with Crippen LogP contribution in [-0.2, 0) is 9.53 Å². The Hall–Kier alpha value is -1.55. The molecule has 1 amide bonds. The number of rotatable bonds is 6. The molecule has 0 fully saturated rings. The summed E-state index contributed by atoms with van der Waals surface area (Å²) in [7, 11) is 3.48. The minimum Gasteiger partial charge on any atom is -0.399 e. The molecule has 0 heterocycles. The fourth-order valence-electron chi connectivity index (χ4n) is 1.86. The van der Waals surface area contributed by atoms with Gasteiger partial charge >= 0.3 is 0 Å². The molecule has 4 heteroatoms. The van der Waals surface area contributed by atoms with Crippen LogP contribution in [0.3, 0.4) is 0 Å². The van der Waals surface area contributed by atoms with E-state index in [9.17, 15) is 4.79 Å². The third-order valence-corrected chi connectivity index (χ3v) is 3.00. The predicted molar refractivity (Wildman–Crippen MR) is 73.4 cm³/mol. The molecule has 1 rings (SSSR count). The van der Waals surface area contributed by atoms with Gasteiger partial charge in [0.15, 0.2) is 0 Å². The van der Waals surface area contributed by atoms with Gasteiger partial charge in [-0.05, 0) is 31.0 Å². The molecule has 0 spiro atoms. The maximum Gasteiger partial charge on any atom is 0.229 e. The highest BCUT2D eigenvalue weighted by atomic mass is 16.5. The van der Waals surface area contributed by atoms with E-state index in [0.29, 0.717) is 18.8 Å². The van der Waals surface area contributed by atoms with Gasteiger partial charge in [0.25, 0.3) is 0 Å². The number of hydrogen-bond donors (Lipinski definition) is 1. The van der Waals surface area contributed by atoms with Gasteiger partial charge in [0.05, 0.1) is 5.92 Å². The van der Waals surface area contributed by atoms with Crippen molar-refractivity contribution >= 4 is 11.6 Å². The number of anilines is 1. The molecular formula is C14H22N2O2. The van der Waals surface area contributed by atoms with E-state index in [1.165, 1.54) is 0 Å². The lowest BCUT2D eigenvalue weighted by molar-refractivity contribution is -0.131. The van der Waals surface area contributed by atoms with Gasteiger partial charge in [0.2, 0.25) is 5.91 Å². The zero-order valence-electron chi connectivity index (χ0n) is 11.3. The molecule has 0 aliphatic carbocycles. The second-order valence-electron chi connectivity index (χ2n) is 4.50. The Kier molecular flexibility index (Phi) is 5.65. The molecule has 2 N–H and O–H groups in total. The van der Waals surface area contributed by atoms with Crippen LogP contribution in [0.2, 0.25) is 0 Å². The lowest BCUT2D eigenvalue weighted by atomic mass is 9.99. The number of carbonyl (C=O) groups is 1. The number of carbonyl (C=O) groups excluding carboxylic acids is 1. The third-order valence-electron chi connectivity index (χ3n) is 3.00. The predicted octanol–water partition coefficient (Wildman–Crippen LogP) is 1.87. The first-order valence-electron chi connectivity index (χ1n) is 6.15. The molecule has 1 aromatic rings. The fraction of sp³-hybridized carbons (Fsp3) is 0.500. The van der Waals surface area contributed by atoms with E-state index < -0.39 is 0 Å². The standard InChI is InChI=1S/C14H22N2O2/c1-11(12-6-4-7-13(15)10-12)14(17)16(2)8-5-9-18-3/h4,6-7,10-11H,5,8-9,15H2,1-3H3. The van der Waals surface area contributed by atoms with E-state index in [2.05, 4.69) is 0 Å². The maximum absolute atomic E-state index is 12.2. The van der Waals surface area contributed by atoms with E-state index in [0.717, 1.165) is 12.0 Å². The maximum atomic E-state index is 12.2. The van der Waals surface area contributed by atoms with Crippen molar-refractivity contribution in [1.82, 2.24) is 4.90 Å².